The largest absolute Gasteiger partial charge is 0.439 e. The Labute approximate surface area is 212 Å². The number of aliphatic imine (C=N–C) groups is 1. The van der Waals surface area contributed by atoms with Gasteiger partial charge in [0.1, 0.15) is 5.75 Å². The van der Waals surface area contributed by atoms with Crippen LogP contribution in [0.15, 0.2) is 89.8 Å². The Kier molecular flexibility index (Phi) is 7.42. The van der Waals surface area contributed by atoms with Crippen LogP contribution in [-0.4, -0.2) is 59.8 Å². The van der Waals surface area contributed by atoms with Gasteiger partial charge in [-0.1, -0.05) is 44.2 Å². The molecule has 8 nitrogen and oxygen atoms in total. The molecule has 36 heavy (non-hydrogen) atoms. The van der Waals surface area contributed by atoms with Crippen LogP contribution in [0.1, 0.15) is 20.3 Å². The molecule has 1 aromatic carbocycles. The summed E-state index contributed by atoms with van der Waals surface area (Å²) in [6.45, 7) is 7.79. The van der Waals surface area contributed by atoms with Crippen LogP contribution in [0.4, 0.5) is 5.69 Å². The number of nitrogens with one attached hydrogen (secondary N) is 1. The van der Waals surface area contributed by atoms with Crippen LogP contribution in [0, 0.1) is 0 Å². The van der Waals surface area contributed by atoms with Crippen molar-refractivity contribution in [2.75, 3.05) is 37.7 Å². The van der Waals surface area contributed by atoms with Gasteiger partial charge in [-0.3, -0.25) is 15.3 Å². The van der Waals surface area contributed by atoms with Crippen LogP contribution in [0.5, 0.6) is 5.75 Å². The SMILES string of the molecule is CC.c1ccc(-c2cncc(N3CCC4=C(Oc5cccnc5)NC(N5CCOCC5)=NC43)c2)cc1. The Morgan fingerprint density at radius 3 is 2.53 bits per heavy atom. The second-order valence-corrected chi connectivity index (χ2v) is 8.44. The summed E-state index contributed by atoms with van der Waals surface area (Å²) in [5.74, 6) is 2.25. The molecule has 2 saturated heterocycles. The predicted molar refractivity (Wildman–Crippen MR) is 142 cm³/mol. The number of rotatable bonds is 4. The van der Waals surface area contributed by atoms with E-state index in [9.17, 15) is 0 Å². The van der Waals surface area contributed by atoms with Crippen molar-refractivity contribution in [1.29, 1.82) is 0 Å². The smallest absolute Gasteiger partial charge is 0.203 e. The molecule has 1 atom stereocenters. The van der Waals surface area contributed by atoms with E-state index in [4.69, 9.17) is 14.5 Å². The molecule has 6 rings (SSSR count). The first-order valence-corrected chi connectivity index (χ1v) is 12.6. The van der Waals surface area contributed by atoms with Gasteiger partial charge in [0.05, 0.1) is 31.3 Å². The predicted octanol–water partition coefficient (Wildman–Crippen LogP) is 4.29. The number of nitrogens with zero attached hydrogens (tertiary/aromatic N) is 5. The fourth-order valence-corrected chi connectivity index (χ4v) is 4.58. The Balaban J connectivity index is 0.00000130. The zero-order chi connectivity index (χ0) is 24.7. The standard InChI is InChI=1S/C26H26N6O2.C2H6/c1-2-5-19(6-3-1)20-15-21(17-28-16-20)32-10-8-23-24(32)29-26(31-11-13-33-14-12-31)30-25(23)34-22-7-4-9-27-18-22;1-2/h1-7,9,15-18,24H,8,10-14H2,(H,29,30);1-2H3. The van der Waals surface area contributed by atoms with E-state index >= 15 is 0 Å². The third-order valence-corrected chi connectivity index (χ3v) is 6.32. The number of guanidine groups is 1. The van der Waals surface area contributed by atoms with Crippen molar-refractivity contribution in [2.24, 2.45) is 4.99 Å². The molecule has 0 saturated carbocycles. The van der Waals surface area contributed by atoms with E-state index in [1.54, 1.807) is 12.4 Å². The molecule has 0 amide bonds. The molecule has 3 aliphatic heterocycles. The molecule has 1 N–H and O–H groups in total. The highest BCUT2D eigenvalue weighted by Gasteiger charge is 2.37. The van der Waals surface area contributed by atoms with Crippen molar-refractivity contribution in [3.63, 3.8) is 0 Å². The Bertz CT molecular complexity index is 1210. The third kappa shape index (κ3) is 5.04. The molecule has 0 bridgehead atoms. The van der Waals surface area contributed by atoms with Crippen LogP contribution in [-0.2, 0) is 4.74 Å². The number of hydrogen-bond donors (Lipinski definition) is 1. The summed E-state index contributed by atoms with van der Waals surface area (Å²) in [4.78, 5) is 18.4. The number of anilines is 1. The summed E-state index contributed by atoms with van der Waals surface area (Å²) in [6.07, 6.45) is 7.99. The molecule has 8 heteroatoms. The van der Waals surface area contributed by atoms with Gasteiger partial charge in [-0.25, -0.2) is 4.99 Å². The van der Waals surface area contributed by atoms with Gasteiger partial charge in [0, 0.05) is 43.2 Å². The third-order valence-electron chi connectivity index (χ3n) is 6.32. The molecule has 2 aromatic heterocycles. The van der Waals surface area contributed by atoms with Crippen LogP contribution in [0.3, 0.4) is 0 Å². The quantitative estimate of drug-likeness (QED) is 0.592. The maximum atomic E-state index is 6.29. The van der Waals surface area contributed by atoms with Crippen molar-refractivity contribution >= 4 is 11.6 Å². The van der Waals surface area contributed by atoms with E-state index in [0.29, 0.717) is 19.0 Å². The number of fused-ring (bicyclic) bond motifs is 1. The van der Waals surface area contributed by atoms with Gasteiger partial charge in [0.15, 0.2) is 6.17 Å². The van der Waals surface area contributed by atoms with Crippen molar-refractivity contribution in [2.45, 2.75) is 26.4 Å². The molecule has 0 aliphatic carbocycles. The highest BCUT2D eigenvalue weighted by Crippen LogP contribution is 2.35. The lowest BCUT2D eigenvalue weighted by Gasteiger charge is -2.35. The lowest BCUT2D eigenvalue weighted by molar-refractivity contribution is 0.0660. The second kappa shape index (κ2) is 11.2. The Morgan fingerprint density at radius 1 is 0.917 bits per heavy atom. The number of benzene rings is 1. The van der Waals surface area contributed by atoms with Gasteiger partial charge in [0.25, 0.3) is 0 Å². The van der Waals surface area contributed by atoms with E-state index in [1.807, 2.05) is 56.6 Å². The van der Waals surface area contributed by atoms with Crippen LogP contribution in [0.25, 0.3) is 11.1 Å². The lowest BCUT2D eigenvalue weighted by Crippen LogP contribution is -2.51. The van der Waals surface area contributed by atoms with E-state index < -0.39 is 0 Å². The normalized spacial score (nSPS) is 19.1. The maximum Gasteiger partial charge on any atom is 0.203 e. The van der Waals surface area contributed by atoms with Crippen molar-refractivity contribution in [3.05, 3.63) is 84.8 Å². The summed E-state index contributed by atoms with van der Waals surface area (Å²) in [6, 6.07) is 16.3. The molecule has 5 heterocycles. The summed E-state index contributed by atoms with van der Waals surface area (Å²) >= 11 is 0. The highest BCUT2D eigenvalue weighted by molar-refractivity contribution is 5.84. The molecule has 0 radical (unpaired) electrons. The summed E-state index contributed by atoms with van der Waals surface area (Å²) in [7, 11) is 0. The van der Waals surface area contributed by atoms with Gasteiger partial charge in [-0.2, -0.15) is 0 Å². The van der Waals surface area contributed by atoms with E-state index in [0.717, 1.165) is 60.3 Å². The van der Waals surface area contributed by atoms with Crippen LogP contribution in [0.2, 0.25) is 0 Å². The average Bonchev–Trinajstić information content (AvgIpc) is 3.40. The number of pyridine rings is 2. The van der Waals surface area contributed by atoms with E-state index in [2.05, 4.69) is 43.3 Å². The minimum Gasteiger partial charge on any atom is -0.439 e. The second-order valence-electron chi connectivity index (χ2n) is 8.44. The van der Waals surface area contributed by atoms with Gasteiger partial charge < -0.3 is 19.3 Å². The van der Waals surface area contributed by atoms with Crippen molar-refractivity contribution in [3.8, 4) is 16.9 Å². The molecule has 1 unspecified atom stereocenters. The maximum absolute atomic E-state index is 6.29. The van der Waals surface area contributed by atoms with Gasteiger partial charge in [-0.05, 0) is 30.2 Å². The Morgan fingerprint density at radius 2 is 1.75 bits per heavy atom. The molecular formula is C28H32N6O2. The number of morpholine rings is 1. The molecule has 0 spiro atoms. The number of hydrogen-bond acceptors (Lipinski definition) is 8. The van der Waals surface area contributed by atoms with Crippen molar-refractivity contribution < 1.29 is 9.47 Å². The average molecular weight is 485 g/mol. The van der Waals surface area contributed by atoms with Crippen LogP contribution >= 0.6 is 0 Å². The molecule has 2 fully saturated rings. The first-order valence-electron chi connectivity index (χ1n) is 12.6. The van der Waals surface area contributed by atoms with Gasteiger partial charge in [-0.15, -0.1) is 0 Å². The molecule has 3 aromatic rings. The fraction of sp³-hybridized carbons (Fsp3) is 0.321. The highest BCUT2D eigenvalue weighted by atomic mass is 16.5. The monoisotopic (exact) mass is 484 g/mol. The fourth-order valence-electron chi connectivity index (χ4n) is 4.58. The molecule has 3 aliphatic rings. The number of aromatic nitrogens is 2. The summed E-state index contributed by atoms with van der Waals surface area (Å²) in [5, 5.41) is 3.46. The zero-order valence-electron chi connectivity index (χ0n) is 20.8. The van der Waals surface area contributed by atoms with Gasteiger partial charge in [0.2, 0.25) is 11.8 Å². The molecular weight excluding hydrogens is 452 g/mol. The Hall–Kier alpha value is -3.91. The number of ether oxygens (including phenoxy) is 2. The summed E-state index contributed by atoms with van der Waals surface area (Å²) in [5.41, 5.74) is 4.42. The lowest BCUT2D eigenvalue weighted by atomic mass is 10.1. The minimum atomic E-state index is -0.154. The van der Waals surface area contributed by atoms with E-state index in [1.165, 1.54) is 0 Å². The molecule has 186 valence electrons. The minimum absolute atomic E-state index is 0.154. The zero-order valence-corrected chi connectivity index (χ0v) is 20.8. The van der Waals surface area contributed by atoms with Crippen LogP contribution < -0.4 is 15.0 Å². The van der Waals surface area contributed by atoms with Gasteiger partial charge >= 0.3 is 0 Å². The first kappa shape index (κ1) is 23.8. The van der Waals surface area contributed by atoms with Crippen molar-refractivity contribution in [1.82, 2.24) is 20.2 Å². The summed E-state index contributed by atoms with van der Waals surface area (Å²) < 4.78 is 11.8. The first-order chi connectivity index (χ1) is 17.8. The topological polar surface area (TPSA) is 75.1 Å². The van der Waals surface area contributed by atoms with E-state index in [-0.39, 0.29) is 6.17 Å².